The Morgan fingerprint density at radius 2 is 1.85 bits per heavy atom. The van der Waals surface area contributed by atoms with Gasteiger partial charge in [0.05, 0.1) is 12.1 Å². The fraction of sp³-hybridized carbons (Fsp3) is 0.300. The molecule has 0 saturated carbocycles. The minimum Gasteiger partial charge on any atom is -0.375 e. The summed E-state index contributed by atoms with van der Waals surface area (Å²) in [4.78, 5) is 26.8. The Morgan fingerprint density at radius 3 is 2.58 bits per heavy atom. The normalized spacial score (nSPS) is 13.5. The van der Waals surface area contributed by atoms with Crippen molar-refractivity contribution >= 4 is 23.2 Å². The van der Waals surface area contributed by atoms with E-state index in [1.54, 1.807) is 12.1 Å². The number of rotatable bonds is 5. The molecular weight excluding hydrogens is 333 g/mol. The van der Waals surface area contributed by atoms with Crippen LogP contribution < -0.4 is 10.6 Å². The third kappa shape index (κ3) is 4.20. The van der Waals surface area contributed by atoms with Crippen molar-refractivity contribution in [2.75, 3.05) is 30.3 Å². The van der Waals surface area contributed by atoms with Gasteiger partial charge in [-0.25, -0.2) is 4.39 Å². The highest BCUT2D eigenvalue weighted by Crippen LogP contribution is 2.23. The van der Waals surface area contributed by atoms with E-state index in [-0.39, 0.29) is 18.4 Å². The third-order valence-electron chi connectivity index (χ3n) is 4.43. The molecule has 2 aromatic carbocycles. The second-order valence-electron chi connectivity index (χ2n) is 6.41. The van der Waals surface area contributed by atoms with Gasteiger partial charge in [-0.2, -0.15) is 0 Å². The maximum atomic E-state index is 13.2. The van der Waals surface area contributed by atoms with Crippen molar-refractivity contribution in [1.82, 2.24) is 4.90 Å². The van der Waals surface area contributed by atoms with Gasteiger partial charge in [0, 0.05) is 24.5 Å². The van der Waals surface area contributed by atoms with E-state index < -0.39 is 5.82 Å². The first kappa shape index (κ1) is 17.9. The number of aryl methyl sites for hydroxylation is 1. The number of likely N-dealkylation sites (tertiary alicyclic amines) is 1. The van der Waals surface area contributed by atoms with Crippen molar-refractivity contribution in [3.8, 4) is 0 Å². The number of anilines is 2. The summed E-state index contributed by atoms with van der Waals surface area (Å²) in [5, 5.41) is 5.67. The Morgan fingerprint density at radius 1 is 1.12 bits per heavy atom. The molecule has 0 aliphatic carbocycles. The Labute approximate surface area is 152 Å². The molecule has 1 saturated heterocycles. The summed E-state index contributed by atoms with van der Waals surface area (Å²) in [6.07, 6.45) is 2.05. The average molecular weight is 355 g/mol. The molecule has 1 fully saturated rings. The summed E-state index contributed by atoms with van der Waals surface area (Å²) < 4.78 is 13.2. The van der Waals surface area contributed by atoms with Crippen LogP contribution in [-0.4, -0.2) is 36.3 Å². The predicted molar refractivity (Wildman–Crippen MR) is 99.8 cm³/mol. The summed E-state index contributed by atoms with van der Waals surface area (Å²) in [5.74, 6) is -0.724. The van der Waals surface area contributed by atoms with E-state index in [0.717, 1.165) is 31.5 Å². The molecule has 1 heterocycles. The molecule has 0 unspecified atom stereocenters. The predicted octanol–water partition coefficient (Wildman–Crippen LogP) is 3.42. The Kier molecular flexibility index (Phi) is 5.51. The second-order valence-corrected chi connectivity index (χ2v) is 6.41. The second kappa shape index (κ2) is 7.99. The van der Waals surface area contributed by atoms with Crippen LogP contribution in [0.4, 0.5) is 15.8 Å². The molecule has 1 aliphatic heterocycles. The van der Waals surface area contributed by atoms with Crippen molar-refractivity contribution in [2.24, 2.45) is 0 Å². The van der Waals surface area contributed by atoms with Crippen LogP contribution in [0.2, 0.25) is 0 Å². The van der Waals surface area contributed by atoms with Gasteiger partial charge in [0.15, 0.2) is 0 Å². The van der Waals surface area contributed by atoms with E-state index in [4.69, 9.17) is 0 Å². The molecular formula is C20H22FN3O2. The van der Waals surface area contributed by atoms with Crippen LogP contribution in [-0.2, 0) is 4.79 Å². The van der Waals surface area contributed by atoms with E-state index in [2.05, 4.69) is 10.6 Å². The molecule has 2 aromatic rings. The largest absolute Gasteiger partial charge is 0.375 e. The minimum absolute atomic E-state index is 0.00589. The van der Waals surface area contributed by atoms with Crippen molar-refractivity contribution in [2.45, 2.75) is 19.8 Å². The highest BCUT2D eigenvalue weighted by atomic mass is 19.1. The molecule has 2 N–H and O–H groups in total. The monoisotopic (exact) mass is 355 g/mol. The first-order valence-electron chi connectivity index (χ1n) is 8.73. The van der Waals surface area contributed by atoms with Gasteiger partial charge in [0.25, 0.3) is 5.91 Å². The highest BCUT2D eigenvalue weighted by molar-refractivity contribution is 6.02. The molecule has 5 nitrogen and oxygen atoms in total. The van der Waals surface area contributed by atoms with Gasteiger partial charge in [-0.15, -0.1) is 0 Å². The first-order chi connectivity index (χ1) is 12.5. The van der Waals surface area contributed by atoms with Gasteiger partial charge in [-0.3, -0.25) is 9.59 Å². The smallest absolute Gasteiger partial charge is 0.256 e. The number of nitrogens with zero attached hydrogens (tertiary/aromatic N) is 1. The Hall–Kier alpha value is -2.89. The molecule has 0 radical (unpaired) electrons. The summed E-state index contributed by atoms with van der Waals surface area (Å²) in [6, 6.07) is 11.3. The Balaban J connectivity index is 1.68. The van der Waals surface area contributed by atoms with Crippen LogP contribution in [0.3, 0.4) is 0 Å². The fourth-order valence-corrected chi connectivity index (χ4v) is 3.12. The maximum Gasteiger partial charge on any atom is 0.256 e. The van der Waals surface area contributed by atoms with Crippen LogP contribution in [0.25, 0.3) is 0 Å². The topological polar surface area (TPSA) is 61.4 Å². The standard InChI is InChI=1S/C20H22FN3O2/c1-14-6-4-9-17(19(14)20(26)24-10-2-3-11-24)22-13-18(25)23-16-8-5-7-15(21)12-16/h4-9,12,22H,2-3,10-11,13H2,1H3,(H,23,25). The van der Waals surface area contributed by atoms with Crippen molar-refractivity contribution in [1.29, 1.82) is 0 Å². The lowest BCUT2D eigenvalue weighted by atomic mass is 10.0. The number of hydrogen-bond donors (Lipinski definition) is 2. The molecule has 2 amide bonds. The average Bonchev–Trinajstić information content (AvgIpc) is 3.14. The van der Waals surface area contributed by atoms with Crippen LogP contribution in [0.5, 0.6) is 0 Å². The van der Waals surface area contributed by atoms with Crippen molar-refractivity contribution < 1.29 is 14.0 Å². The molecule has 0 spiro atoms. The van der Waals surface area contributed by atoms with Crippen LogP contribution >= 0.6 is 0 Å². The zero-order valence-corrected chi connectivity index (χ0v) is 14.7. The van der Waals surface area contributed by atoms with Crippen molar-refractivity contribution in [3.05, 3.63) is 59.4 Å². The summed E-state index contributed by atoms with van der Waals surface area (Å²) in [7, 11) is 0. The van der Waals surface area contributed by atoms with Crippen molar-refractivity contribution in [3.63, 3.8) is 0 Å². The van der Waals surface area contributed by atoms with Crippen LogP contribution in [0.1, 0.15) is 28.8 Å². The molecule has 0 atom stereocenters. The number of carbonyl (C=O) groups is 2. The maximum absolute atomic E-state index is 13.2. The number of amides is 2. The summed E-state index contributed by atoms with van der Waals surface area (Å²) in [6.45, 7) is 3.42. The van der Waals surface area contributed by atoms with Crippen LogP contribution in [0.15, 0.2) is 42.5 Å². The molecule has 6 heteroatoms. The van der Waals surface area contributed by atoms with Gasteiger partial charge < -0.3 is 15.5 Å². The molecule has 136 valence electrons. The molecule has 1 aliphatic rings. The third-order valence-corrected chi connectivity index (χ3v) is 4.43. The number of nitrogens with one attached hydrogen (secondary N) is 2. The Bertz CT molecular complexity index is 816. The minimum atomic E-state index is -0.409. The fourth-order valence-electron chi connectivity index (χ4n) is 3.12. The number of benzene rings is 2. The first-order valence-corrected chi connectivity index (χ1v) is 8.73. The van der Waals surface area contributed by atoms with Gasteiger partial charge in [0.2, 0.25) is 5.91 Å². The molecule has 0 aromatic heterocycles. The summed E-state index contributed by atoms with van der Waals surface area (Å²) in [5.41, 5.74) is 2.51. The molecule has 0 bridgehead atoms. The zero-order chi connectivity index (χ0) is 18.5. The van der Waals surface area contributed by atoms with E-state index in [1.807, 2.05) is 24.0 Å². The summed E-state index contributed by atoms with van der Waals surface area (Å²) >= 11 is 0. The number of hydrogen-bond acceptors (Lipinski definition) is 3. The lowest BCUT2D eigenvalue weighted by Gasteiger charge is -2.20. The number of halogens is 1. The lowest BCUT2D eigenvalue weighted by molar-refractivity contribution is -0.114. The van der Waals surface area contributed by atoms with E-state index in [1.165, 1.54) is 18.2 Å². The zero-order valence-electron chi connectivity index (χ0n) is 14.7. The van der Waals surface area contributed by atoms with E-state index in [0.29, 0.717) is 16.9 Å². The highest BCUT2D eigenvalue weighted by Gasteiger charge is 2.23. The van der Waals surface area contributed by atoms with E-state index >= 15 is 0 Å². The molecule has 26 heavy (non-hydrogen) atoms. The van der Waals surface area contributed by atoms with Gasteiger partial charge in [-0.1, -0.05) is 18.2 Å². The van der Waals surface area contributed by atoms with Gasteiger partial charge in [-0.05, 0) is 49.6 Å². The van der Waals surface area contributed by atoms with Crippen LogP contribution in [0, 0.1) is 12.7 Å². The molecule has 3 rings (SSSR count). The van der Waals surface area contributed by atoms with Gasteiger partial charge in [0.1, 0.15) is 5.82 Å². The quantitative estimate of drug-likeness (QED) is 0.864. The van der Waals surface area contributed by atoms with Gasteiger partial charge >= 0.3 is 0 Å². The lowest BCUT2D eigenvalue weighted by Crippen LogP contribution is -2.30. The SMILES string of the molecule is Cc1cccc(NCC(=O)Nc2cccc(F)c2)c1C(=O)N1CCCC1. The number of carbonyl (C=O) groups excluding carboxylic acids is 2. The van der Waals surface area contributed by atoms with E-state index in [9.17, 15) is 14.0 Å².